The number of hydrogen-bond acceptors (Lipinski definition) is 3. The van der Waals surface area contributed by atoms with Crippen LogP contribution in [0.2, 0.25) is 0 Å². The van der Waals surface area contributed by atoms with E-state index in [0.29, 0.717) is 12.3 Å². The Morgan fingerprint density at radius 1 is 1.30 bits per heavy atom. The van der Waals surface area contributed by atoms with Crippen LogP contribution in [0.1, 0.15) is 24.9 Å². The van der Waals surface area contributed by atoms with E-state index in [1.165, 1.54) is 0 Å². The van der Waals surface area contributed by atoms with E-state index in [4.69, 9.17) is 9.47 Å². The van der Waals surface area contributed by atoms with Gasteiger partial charge in [0.1, 0.15) is 5.75 Å². The van der Waals surface area contributed by atoms with Crippen molar-refractivity contribution in [3.8, 4) is 5.75 Å². The highest BCUT2D eigenvalue weighted by molar-refractivity contribution is 5.30. The summed E-state index contributed by atoms with van der Waals surface area (Å²) in [4.78, 5) is 0. The van der Waals surface area contributed by atoms with Crippen LogP contribution in [0, 0.1) is 0 Å². The Morgan fingerprint density at radius 3 is 2.65 bits per heavy atom. The van der Waals surface area contributed by atoms with E-state index in [-0.39, 0.29) is 19.3 Å². The fraction of sp³-hybridized carbons (Fsp3) is 0.571. The molecule has 0 aliphatic rings. The smallest absolute Gasteiger partial charge is 0.391 e. The van der Waals surface area contributed by atoms with Gasteiger partial charge in [-0.1, -0.05) is 19.1 Å². The molecular weight excluding hydrogens is 271 g/mol. The van der Waals surface area contributed by atoms with Gasteiger partial charge in [-0.15, -0.1) is 0 Å². The lowest BCUT2D eigenvalue weighted by Crippen LogP contribution is -2.26. The molecule has 1 aromatic carbocycles. The summed E-state index contributed by atoms with van der Waals surface area (Å²) in [5.41, 5.74) is 0.929. The number of nitrogens with one attached hydrogen (secondary N) is 1. The van der Waals surface area contributed by atoms with Gasteiger partial charge in [0, 0.05) is 0 Å². The Bertz CT molecular complexity index is 396. The normalized spacial score (nSPS) is 13.2. The number of alkyl halides is 3. The molecule has 1 atom stereocenters. The zero-order valence-electron chi connectivity index (χ0n) is 11.7. The van der Waals surface area contributed by atoms with E-state index in [1.807, 2.05) is 31.2 Å². The van der Waals surface area contributed by atoms with Crippen LogP contribution in [0.15, 0.2) is 24.3 Å². The van der Waals surface area contributed by atoms with Gasteiger partial charge in [0.05, 0.1) is 32.8 Å². The van der Waals surface area contributed by atoms with E-state index in [1.54, 1.807) is 7.11 Å². The molecule has 0 spiro atoms. The van der Waals surface area contributed by atoms with Crippen LogP contribution in [0.5, 0.6) is 5.75 Å². The van der Waals surface area contributed by atoms with Gasteiger partial charge in [0.15, 0.2) is 0 Å². The number of hydrogen-bond donors (Lipinski definition) is 1. The highest BCUT2D eigenvalue weighted by Gasteiger charge is 2.26. The minimum Gasteiger partial charge on any atom is -0.497 e. The van der Waals surface area contributed by atoms with Crippen molar-refractivity contribution in [2.75, 3.05) is 26.9 Å². The van der Waals surface area contributed by atoms with Crippen LogP contribution >= 0.6 is 0 Å². The SMILES string of the molecule is CCNC(COCCC(F)(F)F)c1cccc(OC)c1. The van der Waals surface area contributed by atoms with E-state index in [2.05, 4.69) is 5.32 Å². The molecule has 3 nitrogen and oxygen atoms in total. The molecule has 20 heavy (non-hydrogen) atoms. The first-order valence-corrected chi connectivity index (χ1v) is 6.48. The quantitative estimate of drug-likeness (QED) is 0.745. The van der Waals surface area contributed by atoms with Gasteiger partial charge in [0.25, 0.3) is 0 Å². The predicted molar refractivity (Wildman–Crippen MR) is 70.9 cm³/mol. The van der Waals surface area contributed by atoms with Crippen molar-refractivity contribution in [1.29, 1.82) is 0 Å². The molecule has 0 saturated heterocycles. The van der Waals surface area contributed by atoms with Crippen LogP contribution in [0.3, 0.4) is 0 Å². The molecule has 1 N–H and O–H groups in total. The van der Waals surface area contributed by atoms with E-state index in [9.17, 15) is 13.2 Å². The van der Waals surface area contributed by atoms with Crippen LogP contribution in [-0.2, 0) is 4.74 Å². The third-order valence-corrected chi connectivity index (χ3v) is 2.76. The van der Waals surface area contributed by atoms with Crippen molar-refractivity contribution in [2.45, 2.75) is 25.6 Å². The second kappa shape index (κ2) is 8.11. The van der Waals surface area contributed by atoms with E-state index < -0.39 is 12.6 Å². The molecule has 0 aliphatic heterocycles. The largest absolute Gasteiger partial charge is 0.497 e. The molecule has 1 rings (SSSR count). The van der Waals surface area contributed by atoms with Gasteiger partial charge < -0.3 is 14.8 Å². The van der Waals surface area contributed by atoms with Crippen molar-refractivity contribution >= 4 is 0 Å². The standard InChI is InChI=1S/C14H20F3NO2/c1-3-18-13(10-20-8-7-14(15,16)17)11-5-4-6-12(9-11)19-2/h4-6,9,13,18H,3,7-8,10H2,1-2H3. The fourth-order valence-electron chi connectivity index (χ4n) is 1.77. The molecule has 6 heteroatoms. The van der Waals surface area contributed by atoms with E-state index in [0.717, 1.165) is 5.56 Å². The van der Waals surface area contributed by atoms with Gasteiger partial charge >= 0.3 is 6.18 Å². The lowest BCUT2D eigenvalue weighted by molar-refractivity contribution is -0.145. The lowest BCUT2D eigenvalue weighted by Gasteiger charge is -2.19. The van der Waals surface area contributed by atoms with E-state index >= 15 is 0 Å². The lowest BCUT2D eigenvalue weighted by atomic mass is 10.1. The second-order valence-electron chi connectivity index (χ2n) is 4.33. The molecule has 0 bridgehead atoms. The molecule has 1 aromatic rings. The Kier molecular flexibility index (Phi) is 6.81. The summed E-state index contributed by atoms with van der Waals surface area (Å²) in [6.45, 7) is 2.50. The number of likely N-dealkylation sites (N-methyl/N-ethyl adjacent to an activating group) is 1. The number of methoxy groups -OCH3 is 1. The number of rotatable bonds is 8. The summed E-state index contributed by atoms with van der Waals surface area (Å²) in [7, 11) is 1.57. The molecule has 0 saturated carbocycles. The zero-order chi connectivity index (χ0) is 15.0. The maximum atomic E-state index is 12.0. The molecule has 0 fully saturated rings. The van der Waals surface area contributed by atoms with Crippen molar-refractivity contribution < 1.29 is 22.6 Å². The number of benzene rings is 1. The molecule has 0 aromatic heterocycles. The van der Waals surface area contributed by atoms with Crippen molar-refractivity contribution in [1.82, 2.24) is 5.32 Å². The summed E-state index contributed by atoms with van der Waals surface area (Å²) < 4.78 is 46.4. The summed E-state index contributed by atoms with van der Waals surface area (Å²) >= 11 is 0. The summed E-state index contributed by atoms with van der Waals surface area (Å²) in [6, 6.07) is 7.25. The maximum absolute atomic E-state index is 12.0. The molecule has 114 valence electrons. The molecular formula is C14H20F3NO2. The predicted octanol–water partition coefficient (Wildman–Crippen LogP) is 3.31. The van der Waals surface area contributed by atoms with Gasteiger partial charge in [-0.25, -0.2) is 0 Å². The first kappa shape index (κ1) is 16.8. The second-order valence-corrected chi connectivity index (χ2v) is 4.33. The van der Waals surface area contributed by atoms with Crippen LogP contribution in [0.25, 0.3) is 0 Å². The van der Waals surface area contributed by atoms with Crippen LogP contribution in [-0.4, -0.2) is 33.0 Å². The fourth-order valence-corrected chi connectivity index (χ4v) is 1.77. The third-order valence-electron chi connectivity index (χ3n) is 2.76. The molecule has 1 unspecified atom stereocenters. The van der Waals surface area contributed by atoms with Gasteiger partial charge in [0.2, 0.25) is 0 Å². The van der Waals surface area contributed by atoms with Crippen molar-refractivity contribution in [3.05, 3.63) is 29.8 Å². The molecule has 0 heterocycles. The van der Waals surface area contributed by atoms with Gasteiger partial charge in [-0.2, -0.15) is 13.2 Å². The summed E-state index contributed by atoms with van der Waals surface area (Å²) in [5, 5.41) is 3.19. The summed E-state index contributed by atoms with van der Waals surface area (Å²) in [5.74, 6) is 0.709. The minimum atomic E-state index is -4.18. The molecule has 0 amide bonds. The Morgan fingerprint density at radius 2 is 2.05 bits per heavy atom. The average molecular weight is 291 g/mol. The van der Waals surface area contributed by atoms with Crippen molar-refractivity contribution in [3.63, 3.8) is 0 Å². The first-order valence-electron chi connectivity index (χ1n) is 6.48. The average Bonchev–Trinajstić information content (AvgIpc) is 2.41. The maximum Gasteiger partial charge on any atom is 0.391 e. The van der Waals surface area contributed by atoms with Gasteiger partial charge in [-0.05, 0) is 24.2 Å². The topological polar surface area (TPSA) is 30.5 Å². The molecule has 0 aliphatic carbocycles. The third kappa shape index (κ3) is 6.25. The minimum absolute atomic E-state index is 0.150. The number of ether oxygens (including phenoxy) is 2. The van der Waals surface area contributed by atoms with Crippen molar-refractivity contribution in [2.24, 2.45) is 0 Å². The Labute approximate surface area is 117 Å². The number of halogens is 3. The van der Waals surface area contributed by atoms with Crippen LogP contribution in [0.4, 0.5) is 13.2 Å². The first-order chi connectivity index (χ1) is 9.46. The van der Waals surface area contributed by atoms with Crippen LogP contribution < -0.4 is 10.1 Å². The monoisotopic (exact) mass is 291 g/mol. The zero-order valence-corrected chi connectivity index (χ0v) is 11.7. The van der Waals surface area contributed by atoms with Gasteiger partial charge in [-0.3, -0.25) is 0 Å². The Hall–Kier alpha value is -1.27. The Balaban J connectivity index is 2.55. The highest BCUT2D eigenvalue weighted by atomic mass is 19.4. The summed E-state index contributed by atoms with van der Waals surface area (Å²) in [6.07, 6.45) is -5.10. The molecule has 0 radical (unpaired) electrons. The highest BCUT2D eigenvalue weighted by Crippen LogP contribution is 2.21.